The van der Waals surface area contributed by atoms with Crippen LogP contribution in [0.15, 0.2) is 18.2 Å². The number of benzene rings is 1. The maximum absolute atomic E-state index is 13.3. The number of hydrogen-bond donors (Lipinski definition) is 1. The van der Waals surface area contributed by atoms with E-state index in [1.54, 1.807) is 0 Å². The summed E-state index contributed by atoms with van der Waals surface area (Å²) in [6.45, 7) is 6.62. The summed E-state index contributed by atoms with van der Waals surface area (Å²) in [6, 6.07) is 4.80. The molecule has 1 rings (SSSR count). The molecular formula is C13H20FNO. The van der Waals surface area contributed by atoms with E-state index in [9.17, 15) is 4.39 Å². The number of hydrogen-bond acceptors (Lipinski definition) is 2. The lowest BCUT2D eigenvalue weighted by molar-refractivity contribution is 0.269. The van der Waals surface area contributed by atoms with Crippen molar-refractivity contribution in [1.82, 2.24) is 0 Å². The zero-order chi connectivity index (χ0) is 12.1. The standard InChI is InChI=1S/C13H20FNO/c1-9(2)8-16-13-6-11(4-10(3)15)5-12(14)7-13/h5-7,9-10H,4,8,15H2,1-3H3. The molecule has 16 heavy (non-hydrogen) atoms. The number of ether oxygens (including phenoxy) is 1. The predicted molar refractivity (Wildman–Crippen MR) is 64.1 cm³/mol. The molecule has 0 amide bonds. The van der Waals surface area contributed by atoms with E-state index in [4.69, 9.17) is 10.5 Å². The predicted octanol–water partition coefficient (Wildman–Crippen LogP) is 2.75. The SMILES string of the molecule is CC(C)COc1cc(F)cc(CC(C)N)c1. The van der Waals surface area contributed by atoms with Crippen LogP contribution in [0.25, 0.3) is 0 Å². The quantitative estimate of drug-likeness (QED) is 0.836. The van der Waals surface area contributed by atoms with Crippen molar-refractivity contribution in [1.29, 1.82) is 0 Å². The first-order valence-electron chi connectivity index (χ1n) is 5.65. The van der Waals surface area contributed by atoms with Gasteiger partial charge >= 0.3 is 0 Å². The summed E-state index contributed by atoms with van der Waals surface area (Å²) in [6.07, 6.45) is 0.662. The molecule has 0 spiro atoms. The maximum atomic E-state index is 13.3. The average molecular weight is 225 g/mol. The highest BCUT2D eigenvalue weighted by Gasteiger charge is 2.05. The Morgan fingerprint density at radius 3 is 2.50 bits per heavy atom. The highest BCUT2D eigenvalue weighted by molar-refractivity contribution is 5.30. The molecule has 2 N–H and O–H groups in total. The Kier molecular flexibility index (Phi) is 4.74. The van der Waals surface area contributed by atoms with Crippen LogP contribution in [0.5, 0.6) is 5.75 Å². The molecular weight excluding hydrogens is 205 g/mol. The molecule has 0 saturated heterocycles. The van der Waals surface area contributed by atoms with Crippen molar-refractivity contribution in [3.8, 4) is 5.75 Å². The number of halogens is 1. The maximum Gasteiger partial charge on any atom is 0.127 e. The summed E-state index contributed by atoms with van der Waals surface area (Å²) in [7, 11) is 0. The lowest BCUT2D eigenvalue weighted by Crippen LogP contribution is -2.17. The Hall–Kier alpha value is -1.09. The molecule has 1 atom stereocenters. The minimum Gasteiger partial charge on any atom is -0.493 e. The van der Waals surface area contributed by atoms with E-state index >= 15 is 0 Å². The zero-order valence-corrected chi connectivity index (χ0v) is 10.2. The summed E-state index contributed by atoms with van der Waals surface area (Å²) in [5.74, 6) is 0.751. The summed E-state index contributed by atoms with van der Waals surface area (Å²) in [5.41, 5.74) is 6.57. The average Bonchev–Trinajstić information content (AvgIpc) is 2.12. The summed E-state index contributed by atoms with van der Waals surface area (Å²) in [4.78, 5) is 0. The van der Waals surface area contributed by atoms with E-state index < -0.39 is 0 Å². The van der Waals surface area contributed by atoms with Gasteiger partial charge in [-0.05, 0) is 37.0 Å². The molecule has 0 aliphatic heterocycles. The third kappa shape index (κ3) is 4.62. The van der Waals surface area contributed by atoms with Gasteiger partial charge in [0.2, 0.25) is 0 Å². The lowest BCUT2D eigenvalue weighted by atomic mass is 10.1. The molecule has 0 fully saturated rings. The molecule has 2 nitrogen and oxygen atoms in total. The van der Waals surface area contributed by atoms with Crippen LogP contribution in [-0.2, 0) is 6.42 Å². The van der Waals surface area contributed by atoms with E-state index in [1.807, 2.05) is 13.0 Å². The van der Waals surface area contributed by atoms with Crippen LogP contribution in [0.1, 0.15) is 26.3 Å². The molecule has 90 valence electrons. The first-order valence-corrected chi connectivity index (χ1v) is 5.65. The molecule has 3 heteroatoms. The van der Waals surface area contributed by atoms with Crippen molar-refractivity contribution < 1.29 is 9.13 Å². The highest BCUT2D eigenvalue weighted by atomic mass is 19.1. The summed E-state index contributed by atoms with van der Waals surface area (Å²) >= 11 is 0. The van der Waals surface area contributed by atoms with Crippen molar-refractivity contribution in [2.24, 2.45) is 11.7 Å². The molecule has 0 bridgehead atoms. The van der Waals surface area contributed by atoms with Gasteiger partial charge in [-0.15, -0.1) is 0 Å². The fourth-order valence-electron chi connectivity index (χ4n) is 1.46. The van der Waals surface area contributed by atoms with Gasteiger partial charge in [0.25, 0.3) is 0 Å². The topological polar surface area (TPSA) is 35.2 Å². The van der Waals surface area contributed by atoms with Gasteiger partial charge < -0.3 is 10.5 Å². The fourth-order valence-corrected chi connectivity index (χ4v) is 1.46. The van der Waals surface area contributed by atoms with Gasteiger partial charge in [-0.25, -0.2) is 4.39 Å². The minimum atomic E-state index is -0.267. The van der Waals surface area contributed by atoms with Crippen molar-refractivity contribution in [3.05, 3.63) is 29.6 Å². The van der Waals surface area contributed by atoms with E-state index in [2.05, 4.69) is 13.8 Å². The van der Waals surface area contributed by atoms with Crippen LogP contribution >= 0.6 is 0 Å². The van der Waals surface area contributed by atoms with Crippen LogP contribution in [0.4, 0.5) is 4.39 Å². The van der Waals surface area contributed by atoms with Crippen LogP contribution in [0.2, 0.25) is 0 Å². The zero-order valence-electron chi connectivity index (χ0n) is 10.2. The van der Waals surface area contributed by atoms with Crippen molar-refractivity contribution >= 4 is 0 Å². The highest BCUT2D eigenvalue weighted by Crippen LogP contribution is 2.18. The van der Waals surface area contributed by atoms with Crippen molar-refractivity contribution in [2.45, 2.75) is 33.2 Å². The molecule has 0 aliphatic rings. The Bertz CT molecular complexity index is 337. The second-order valence-electron chi connectivity index (χ2n) is 4.68. The Morgan fingerprint density at radius 2 is 1.94 bits per heavy atom. The second kappa shape index (κ2) is 5.85. The van der Waals surface area contributed by atoms with E-state index in [-0.39, 0.29) is 11.9 Å². The van der Waals surface area contributed by atoms with Crippen molar-refractivity contribution in [2.75, 3.05) is 6.61 Å². The minimum absolute atomic E-state index is 0.0275. The van der Waals surface area contributed by atoms with Crippen molar-refractivity contribution in [3.63, 3.8) is 0 Å². The van der Waals surface area contributed by atoms with Gasteiger partial charge in [0.1, 0.15) is 11.6 Å². The Balaban J connectivity index is 2.73. The summed E-state index contributed by atoms with van der Waals surface area (Å²) in [5, 5.41) is 0. The van der Waals surface area contributed by atoms with Crippen LogP contribution in [0.3, 0.4) is 0 Å². The molecule has 1 aromatic carbocycles. The molecule has 0 radical (unpaired) electrons. The van der Waals surface area contributed by atoms with Crippen LogP contribution in [-0.4, -0.2) is 12.6 Å². The third-order valence-corrected chi connectivity index (χ3v) is 2.07. The van der Waals surface area contributed by atoms with E-state index in [1.165, 1.54) is 12.1 Å². The largest absolute Gasteiger partial charge is 0.493 e. The van der Waals surface area contributed by atoms with Gasteiger partial charge in [0.15, 0.2) is 0 Å². The van der Waals surface area contributed by atoms with Gasteiger partial charge in [0, 0.05) is 12.1 Å². The summed E-state index contributed by atoms with van der Waals surface area (Å²) < 4.78 is 18.8. The first kappa shape index (κ1) is 13.0. The molecule has 0 saturated carbocycles. The van der Waals surface area contributed by atoms with Gasteiger partial charge in [0.05, 0.1) is 6.61 Å². The Labute approximate surface area is 96.6 Å². The second-order valence-corrected chi connectivity index (χ2v) is 4.68. The van der Waals surface area contributed by atoms with Crippen LogP contribution < -0.4 is 10.5 Å². The molecule has 1 unspecified atom stereocenters. The fraction of sp³-hybridized carbons (Fsp3) is 0.538. The number of nitrogens with two attached hydrogens (primary N) is 1. The molecule has 0 heterocycles. The van der Waals surface area contributed by atoms with Gasteiger partial charge in [-0.3, -0.25) is 0 Å². The third-order valence-electron chi connectivity index (χ3n) is 2.07. The van der Waals surface area contributed by atoms with Gasteiger partial charge in [-0.1, -0.05) is 13.8 Å². The Morgan fingerprint density at radius 1 is 1.25 bits per heavy atom. The smallest absolute Gasteiger partial charge is 0.127 e. The number of rotatable bonds is 5. The normalized spacial score (nSPS) is 12.9. The van der Waals surface area contributed by atoms with Crippen LogP contribution in [0, 0.1) is 11.7 Å². The first-order chi connectivity index (χ1) is 7.47. The van der Waals surface area contributed by atoms with E-state index in [0.717, 1.165) is 5.56 Å². The van der Waals surface area contributed by atoms with Gasteiger partial charge in [-0.2, -0.15) is 0 Å². The molecule has 0 aliphatic carbocycles. The van der Waals surface area contributed by atoms with E-state index in [0.29, 0.717) is 24.7 Å². The monoisotopic (exact) mass is 225 g/mol. The lowest BCUT2D eigenvalue weighted by Gasteiger charge is -2.11. The molecule has 0 aromatic heterocycles. The molecule has 1 aromatic rings.